The monoisotopic (exact) mass is 447 g/mol. The molecule has 0 aliphatic carbocycles. The average molecular weight is 448 g/mol. The smallest absolute Gasteiger partial charge is 0.261 e. The molecule has 8 nitrogen and oxygen atoms in total. The van der Waals surface area contributed by atoms with E-state index < -0.39 is 10.0 Å². The Morgan fingerprint density at radius 1 is 1.06 bits per heavy atom. The van der Waals surface area contributed by atoms with Gasteiger partial charge in [-0.3, -0.25) is 4.79 Å². The van der Waals surface area contributed by atoms with E-state index in [1.165, 1.54) is 12.3 Å². The third-order valence-corrected chi connectivity index (χ3v) is 6.05. The quantitative estimate of drug-likeness (QED) is 0.404. The number of carbonyl (C=O) groups excluding carboxylic acids is 1. The van der Waals surface area contributed by atoms with E-state index in [-0.39, 0.29) is 18.2 Å². The molecular formula is C23H21N5O3S. The van der Waals surface area contributed by atoms with Crippen LogP contribution in [0.5, 0.6) is 0 Å². The molecular weight excluding hydrogens is 426 g/mol. The number of nitrogens with zero attached hydrogens (tertiary/aromatic N) is 3. The zero-order chi connectivity index (χ0) is 22.6. The number of anilines is 1. The van der Waals surface area contributed by atoms with E-state index in [1.807, 2.05) is 36.4 Å². The molecule has 162 valence electrons. The van der Waals surface area contributed by atoms with Crippen LogP contribution in [0.2, 0.25) is 0 Å². The molecule has 0 unspecified atom stereocenters. The summed E-state index contributed by atoms with van der Waals surface area (Å²) in [6.45, 7) is 3.67. The molecule has 9 heteroatoms. The number of sulfonamides is 1. The minimum atomic E-state index is -3.45. The summed E-state index contributed by atoms with van der Waals surface area (Å²) in [5, 5.41) is 7.16. The fraction of sp³-hybridized carbons (Fsp3) is 0.0870. The van der Waals surface area contributed by atoms with Crippen molar-refractivity contribution in [1.29, 1.82) is 0 Å². The van der Waals surface area contributed by atoms with Crippen molar-refractivity contribution in [3.8, 4) is 11.3 Å². The number of rotatable bonds is 8. The molecule has 0 aliphatic heterocycles. The largest absolute Gasteiger partial charge is 0.322 e. The standard InChI is InChI=1S/C23H21N5O3S/c1-2-13-26-32(30,31)16-17-8-10-19(11-9-17)27-23(29)20-15-25-28-21(12-14-24-22(20)28)18-6-4-3-5-7-18/h2-12,14-15,26H,1,13,16H2,(H,27,29). The average Bonchev–Trinajstić information content (AvgIpc) is 3.24. The van der Waals surface area contributed by atoms with Gasteiger partial charge in [-0.25, -0.2) is 22.6 Å². The molecule has 0 saturated heterocycles. The Labute approximate surface area is 185 Å². The van der Waals surface area contributed by atoms with E-state index in [2.05, 4.69) is 26.7 Å². The lowest BCUT2D eigenvalue weighted by atomic mass is 10.1. The van der Waals surface area contributed by atoms with Gasteiger partial charge in [0.2, 0.25) is 10.0 Å². The number of hydrogen-bond donors (Lipinski definition) is 2. The molecule has 1 amide bonds. The van der Waals surface area contributed by atoms with E-state index in [1.54, 1.807) is 35.0 Å². The first-order valence-electron chi connectivity index (χ1n) is 9.83. The predicted molar refractivity (Wildman–Crippen MR) is 124 cm³/mol. The second-order valence-corrected chi connectivity index (χ2v) is 8.84. The Morgan fingerprint density at radius 3 is 2.53 bits per heavy atom. The van der Waals surface area contributed by atoms with Crippen LogP contribution in [-0.4, -0.2) is 35.5 Å². The number of nitrogens with one attached hydrogen (secondary N) is 2. The van der Waals surface area contributed by atoms with Crippen molar-refractivity contribution in [2.24, 2.45) is 0 Å². The van der Waals surface area contributed by atoms with E-state index in [0.717, 1.165) is 11.3 Å². The third kappa shape index (κ3) is 4.74. The maximum Gasteiger partial charge on any atom is 0.261 e. The van der Waals surface area contributed by atoms with Crippen molar-refractivity contribution in [3.63, 3.8) is 0 Å². The van der Waals surface area contributed by atoms with E-state index in [0.29, 0.717) is 22.5 Å². The molecule has 0 fully saturated rings. The highest BCUT2D eigenvalue weighted by Gasteiger charge is 2.17. The lowest BCUT2D eigenvalue weighted by Crippen LogP contribution is -2.25. The van der Waals surface area contributed by atoms with Gasteiger partial charge in [0.25, 0.3) is 5.91 Å². The topological polar surface area (TPSA) is 105 Å². The van der Waals surface area contributed by atoms with Crippen LogP contribution in [0.3, 0.4) is 0 Å². The molecule has 0 radical (unpaired) electrons. The summed E-state index contributed by atoms with van der Waals surface area (Å²) >= 11 is 0. The summed E-state index contributed by atoms with van der Waals surface area (Å²) in [6.07, 6.45) is 4.61. The summed E-state index contributed by atoms with van der Waals surface area (Å²) in [4.78, 5) is 17.2. The SMILES string of the molecule is C=CCNS(=O)(=O)Cc1ccc(NC(=O)c2cnn3c(-c4ccccc4)ccnc23)cc1. The normalized spacial score (nSPS) is 11.4. The Kier molecular flexibility index (Phi) is 6.11. The van der Waals surface area contributed by atoms with Crippen molar-refractivity contribution in [3.05, 3.63) is 96.8 Å². The molecule has 0 bridgehead atoms. The van der Waals surface area contributed by atoms with Crippen molar-refractivity contribution in [2.75, 3.05) is 11.9 Å². The van der Waals surface area contributed by atoms with Gasteiger partial charge in [-0.1, -0.05) is 48.5 Å². The molecule has 2 aromatic carbocycles. The van der Waals surface area contributed by atoms with Crippen LogP contribution in [0.1, 0.15) is 15.9 Å². The van der Waals surface area contributed by atoms with Gasteiger partial charge in [0, 0.05) is 24.0 Å². The van der Waals surface area contributed by atoms with Gasteiger partial charge in [-0.15, -0.1) is 6.58 Å². The van der Waals surface area contributed by atoms with Gasteiger partial charge in [-0.05, 0) is 23.8 Å². The third-order valence-electron chi connectivity index (χ3n) is 4.73. The molecule has 2 N–H and O–H groups in total. The Hall–Kier alpha value is -3.82. The van der Waals surface area contributed by atoms with Crippen LogP contribution in [0, 0.1) is 0 Å². The van der Waals surface area contributed by atoms with Gasteiger partial charge in [-0.2, -0.15) is 5.10 Å². The van der Waals surface area contributed by atoms with Gasteiger partial charge >= 0.3 is 0 Å². The van der Waals surface area contributed by atoms with Crippen LogP contribution in [0.15, 0.2) is 85.7 Å². The summed E-state index contributed by atoms with van der Waals surface area (Å²) in [5.74, 6) is -0.513. The zero-order valence-electron chi connectivity index (χ0n) is 17.1. The first-order chi connectivity index (χ1) is 15.5. The van der Waals surface area contributed by atoms with Crippen LogP contribution in [0.4, 0.5) is 5.69 Å². The van der Waals surface area contributed by atoms with Gasteiger partial charge in [0.05, 0.1) is 17.6 Å². The van der Waals surface area contributed by atoms with Gasteiger partial charge in [0.15, 0.2) is 5.65 Å². The molecule has 2 heterocycles. The fourth-order valence-corrected chi connectivity index (χ4v) is 4.32. The molecule has 0 saturated carbocycles. The molecule has 0 aliphatic rings. The lowest BCUT2D eigenvalue weighted by Gasteiger charge is -2.08. The Morgan fingerprint density at radius 2 is 1.81 bits per heavy atom. The number of hydrogen-bond acceptors (Lipinski definition) is 5. The van der Waals surface area contributed by atoms with Crippen molar-refractivity contribution in [1.82, 2.24) is 19.3 Å². The number of aromatic nitrogens is 3. The van der Waals surface area contributed by atoms with Crippen molar-refractivity contribution >= 4 is 27.3 Å². The maximum atomic E-state index is 12.8. The summed E-state index contributed by atoms with van der Waals surface area (Å²) in [5.41, 5.74) is 3.70. The van der Waals surface area contributed by atoms with Crippen LogP contribution in [-0.2, 0) is 15.8 Å². The first-order valence-corrected chi connectivity index (χ1v) is 11.5. The number of carbonyl (C=O) groups is 1. The summed E-state index contributed by atoms with van der Waals surface area (Å²) in [6, 6.07) is 18.2. The lowest BCUT2D eigenvalue weighted by molar-refractivity contribution is 0.102. The highest BCUT2D eigenvalue weighted by atomic mass is 32.2. The summed E-state index contributed by atoms with van der Waals surface area (Å²) in [7, 11) is -3.45. The van der Waals surface area contributed by atoms with E-state index >= 15 is 0 Å². The van der Waals surface area contributed by atoms with Gasteiger partial charge < -0.3 is 5.32 Å². The minimum Gasteiger partial charge on any atom is -0.322 e. The van der Waals surface area contributed by atoms with E-state index in [9.17, 15) is 13.2 Å². The number of fused-ring (bicyclic) bond motifs is 1. The van der Waals surface area contributed by atoms with Crippen LogP contribution >= 0.6 is 0 Å². The molecule has 32 heavy (non-hydrogen) atoms. The Bertz CT molecular complexity index is 1360. The van der Waals surface area contributed by atoms with Gasteiger partial charge in [0.1, 0.15) is 5.56 Å². The first kappa shape index (κ1) is 21.4. The fourth-order valence-electron chi connectivity index (χ4n) is 3.22. The maximum absolute atomic E-state index is 12.8. The summed E-state index contributed by atoms with van der Waals surface area (Å²) < 4.78 is 28.0. The Balaban J connectivity index is 1.52. The van der Waals surface area contributed by atoms with Crippen molar-refractivity contribution < 1.29 is 13.2 Å². The zero-order valence-corrected chi connectivity index (χ0v) is 17.9. The van der Waals surface area contributed by atoms with Crippen LogP contribution in [0.25, 0.3) is 16.9 Å². The van der Waals surface area contributed by atoms with Crippen LogP contribution < -0.4 is 10.0 Å². The number of amides is 1. The van der Waals surface area contributed by atoms with Crippen molar-refractivity contribution in [2.45, 2.75) is 5.75 Å². The molecule has 2 aromatic heterocycles. The predicted octanol–water partition coefficient (Wildman–Crippen LogP) is 3.25. The number of benzene rings is 2. The van der Waals surface area contributed by atoms with E-state index in [4.69, 9.17) is 0 Å². The molecule has 4 rings (SSSR count). The second-order valence-electron chi connectivity index (χ2n) is 7.04. The highest BCUT2D eigenvalue weighted by molar-refractivity contribution is 7.88. The molecule has 4 aromatic rings. The molecule has 0 spiro atoms. The minimum absolute atomic E-state index is 0.157. The molecule has 0 atom stereocenters. The highest BCUT2D eigenvalue weighted by Crippen LogP contribution is 2.21. The second kappa shape index (κ2) is 9.13.